The summed E-state index contributed by atoms with van der Waals surface area (Å²) >= 11 is 0. The van der Waals surface area contributed by atoms with E-state index < -0.39 is 0 Å². The highest BCUT2D eigenvalue weighted by Crippen LogP contribution is 2.17. The van der Waals surface area contributed by atoms with Crippen LogP contribution in [0.5, 0.6) is 0 Å². The summed E-state index contributed by atoms with van der Waals surface area (Å²) in [6, 6.07) is 11.7. The summed E-state index contributed by atoms with van der Waals surface area (Å²) < 4.78 is 7.05. The standard InChI is InChI=1S/C18H19N5O2/c1-13-11-15(25-21-13)12-17(24)22-8-7-16-19-18(20-23(16)10-9-22)14-5-3-2-4-6-14/h2-6,11H,7-10,12H2,1H3. The number of hydrogen-bond acceptors (Lipinski definition) is 5. The second-order valence-corrected chi connectivity index (χ2v) is 6.18. The van der Waals surface area contributed by atoms with Gasteiger partial charge in [0.15, 0.2) is 5.82 Å². The lowest BCUT2D eigenvalue weighted by Crippen LogP contribution is -2.34. The third-order valence-corrected chi connectivity index (χ3v) is 4.32. The van der Waals surface area contributed by atoms with Gasteiger partial charge in [0.2, 0.25) is 5.91 Å². The van der Waals surface area contributed by atoms with Crippen molar-refractivity contribution in [3.63, 3.8) is 0 Å². The molecule has 1 aliphatic rings. The molecule has 0 saturated carbocycles. The molecule has 0 bridgehead atoms. The number of amides is 1. The summed E-state index contributed by atoms with van der Waals surface area (Å²) in [6.07, 6.45) is 0.937. The van der Waals surface area contributed by atoms with Gasteiger partial charge in [-0.1, -0.05) is 35.5 Å². The minimum atomic E-state index is 0.0465. The summed E-state index contributed by atoms with van der Waals surface area (Å²) in [5, 5.41) is 8.43. The molecule has 1 aromatic carbocycles. The first kappa shape index (κ1) is 15.6. The molecule has 0 N–H and O–H groups in total. The smallest absolute Gasteiger partial charge is 0.230 e. The maximum absolute atomic E-state index is 12.5. The Morgan fingerprint density at radius 3 is 2.80 bits per heavy atom. The molecule has 0 radical (unpaired) electrons. The largest absolute Gasteiger partial charge is 0.361 e. The van der Waals surface area contributed by atoms with Crippen LogP contribution in [0.3, 0.4) is 0 Å². The van der Waals surface area contributed by atoms with E-state index in [4.69, 9.17) is 4.52 Å². The predicted octanol–water partition coefficient (Wildman–Crippen LogP) is 1.87. The Hall–Kier alpha value is -2.96. The Morgan fingerprint density at radius 1 is 1.20 bits per heavy atom. The topological polar surface area (TPSA) is 77.0 Å². The molecular weight excluding hydrogens is 318 g/mol. The highest BCUT2D eigenvalue weighted by Gasteiger charge is 2.22. The number of carbonyl (C=O) groups excluding carboxylic acids is 1. The molecule has 3 aromatic rings. The lowest BCUT2D eigenvalue weighted by molar-refractivity contribution is -0.130. The molecule has 7 nitrogen and oxygen atoms in total. The third kappa shape index (κ3) is 3.31. The zero-order valence-electron chi connectivity index (χ0n) is 14.1. The van der Waals surface area contributed by atoms with Crippen LogP contribution in [0.15, 0.2) is 40.9 Å². The Balaban J connectivity index is 1.44. The van der Waals surface area contributed by atoms with Crippen molar-refractivity contribution in [1.82, 2.24) is 24.8 Å². The Bertz CT molecular complexity index is 859. The maximum Gasteiger partial charge on any atom is 0.230 e. The lowest BCUT2D eigenvalue weighted by atomic mass is 10.2. The van der Waals surface area contributed by atoms with E-state index in [-0.39, 0.29) is 12.3 Å². The normalized spacial score (nSPS) is 14.2. The second kappa shape index (κ2) is 6.51. The van der Waals surface area contributed by atoms with E-state index in [1.54, 1.807) is 6.07 Å². The monoisotopic (exact) mass is 337 g/mol. The molecule has 25 heavy (non-hydrogen) atoms. The molecule has 0 atom stereocenters. The molecule has 0 unspecified atom stereocenters. The first-order chi connectivity index (χ1) is 12.2. The molecule has 0 aliphatic carbocycles. The maximum atomic E-state index is 12.5. The number of aryl methyl sites for hydroxylation is 1. The number of hydrogen-bond donors (Lipinski definition) is 0. The van der Waals surface area contributed by atoms with Crippen LogP contribution in [-0.4, -0.2) is 43.8 Å². The van der Waals surface area contributed by atoms with Crippen LogP contribution in [0, 0.1) is 6.92 Å². The molecular formula is C18H19N5O2. The number of rotatable bonds is 3. The van der Waals surface area contributed by atoms with Crippen molar-refractivity contribution < 1.29 is 9.32 Å². The van der Waals surface area contributed by atoms with Gasteiger partial charge in [0.05, 0.1) is 18.7 Å². The number of aromatic nitrogens is 4. The Labute approximate surface area is 145 Å². The fourth-order valence-electron chi connectivity index (χ4n) is 3.02. The molecule has 4 rings (SSSR count). The fourth-order valence-corrected chi connectivity index (χ4v) is 3.02. The number of nitrogens with zero attached hydrogens (tertiary/aromatic N) is 5. The highest BCUT2D eigenvalue weighted by atomic mass is 16.5. The van der Waals surface area contributed by atoms with Crippen LogP contribution in [0.1, 0.15) is 17.3 Å². The predicted molar refractivity (Wildman–Crippen MR) is 90.7 cm³/mol. The number of carbonyl (C=O) groups is 1. The van der Waals surface area contributed by atoms with Crippen molar-refractivity contribution in [2.45, 2.75) is 26.3 Å². The van der Waals surface area contributed by atoms with Crippen molar-refractivity contribution in [2.24, 2.45) is 0 Å². The van der Waals surface area contributed by atoms with Gasteiger partial charge < -0.3 is 9.42 Å². The van der Waals surface area contributed by atoms with Crippen molar-refractivity contribution in [1.29, 1.82) is 0 Å². The fraction of sp³-hybridized carbons (Fsp3) is 0.333. The van der Waals surface area contributed by atoms with Crippen molar-refractivity contribution in [2.75, 3.05) is 13.1 Å². The van der Waals surface area contributed by atoms with Gasteiger partial charge in [-0.05, 0) is 6.92 Å². The third-order valence-electron chi connectivity index (χ3n) is 4.32. The lowest BCUT2D eigenvalue weighted by Gasteiger charge is -2.19. The number of benzene rings is 1. The van der Waals surface area contributed by atoms with Crippen LogP contribution < -0.4 is 0 Å². The van der Waals surface area contributed by atoms with Crippen LogP contribution in [-0.2, 0) is 24.2 Å². The van der Waals surface area contributed by atoms with Crippen LogP contribution >= 0.6 is 0 Å². The van der Waals surface area contributed by atoms with E-state index in [1.807, 2.05) is 46.8 Å². The van der Waals surface area contributed by atoms with Crippen LogP contribution in [0.2, 0.25) is 0 Å². The molecule has 7 heteroatoms. The van der Waals surface area contributed by atoms with E-state index in [1.165, 1.54) is 0 Å². The van der Waals surface area contributed by atoms with Gasteiger partial charge in [-0.2, -0.15) is 5.10 Å². The zero-order valence-corrected chi connectivity index (χ0v) is 14.1. The summed E-state index contributed by atoms with van der Waals surface area (Å²) in [4.78, 5) is 19.0. The molecule has 0 saturated heterocycles. The van der Waals surface area contributed by atoms with E-state index in [0.717, 1.165) is 22.9 Å². The van der Waals surface area contributed by atoms with Crippen molar-refractivity contribution in [3.8, 4) is 11.4 Å². The van der Waals surface area contributed by atoms with Crippen molar-refractivity contribution >= 4 is 5.91 Å². The first-order valence-corrected chi connectivity index (χ1v) is 8.38. The van der Waals surface area contributed by atoms with Gasteiger partial charge in [0, 0.05) is 31.1 Å². The minimum absolute atomic E-state index is 0.0465. The van der Waals surface area contributed by atoms with Crippen LogP contribution in [0.4, 0.5) is 0 Å². The van der Waals surface area contributed by atoms with Gasteiger partial charge in [-0.3, -0.25) is 4.79 Å². The highest BCUT2D eigenvalue weighted by molar-refractivity contribution is 5.78. The quantitative estimate of drug-likeness (QED) is 0.729. The van der Waals surface area contributed by atoms with E-state index in [9.17, 15) is 4.79 Å². The molecule has 1 amide bonds. The average Bonchev–Trinajstić information content (AvgIpc) is 3.16. The Kier molecular flexibility index (Phi) is 4.05. The van der Waals surface area contributed by atoms with Gasteiger partial charge in [0.25, 0.3) is 0 Å². The molecule has 0 spiro atoms. The molecule has 2 aromatic heterocycles. The molecule has 128 valence electrons. The molecule has 1 aliphatic heterocycles. The average molecular weight is 337 g/mol. The van der Waals surface area contributed by atoms with E-state index >= 15 is 0 Å². The van der Waals surface area contributed by atoms with E-state index in [2.05, 4.69) is 15.2 Å². The summed E-state index contributed by atoms with van der Waals surface area (Å²) in [6.45, 7) is 3.75. The van der Waals surface area contributed by atoms with Gasteiger partial charge in [0.1, 0.15) is 11.6 Å². The Morgan fingerprint density at radius 2 is 2.04 bits per heavy atom. The van der Waals surface area contributed by atoms with Gasteiger partial charge >= 0.3 is 0 Å². The first-order valence-electron chi connectivity index (χ1n) is 8.38. The van der Waals surface area contributed by atoms with Crippen molar-refractivity contribution in [3.05, 3.63) is 53.7 Å². The summed E-state index contributed by atoms with van der Waals surface area (Å²) in [5.41, 5.74) is 1.80. The zero-order chi connectivity index (χ0) is 17.2. The SMILES string of the molecule is Cc1cc(CC(=O)N2CCc3nc(-c4ccccc4)nn3CC2)on1. The number of fused-ring (bicyclic) bond motifs is 1. The van der Waals surface area contributed by atoms with Gasteiger partial charge in [-0.25, -0.2) is 9.67 Å². The van der Waals surface area contributed by atoms with Gasteiger partial charge in [-0.15, -0.1) is 0 Å². The molecule has 3 heterocycles. The van der Waals surface area contributed by atoms with Crippen LogP contribution in [0.25, 0.3) is 11.4 Å². The summed E-state index contributed by atoms with van der Waals surface area (Å²) in [7, 11) is 0. The second-order valence-electron chi connectivity index (χ2n) is 6.18. The molecule has 0 fully saturated rings. The summed E-state index contributed by atoms with van der Waals surface area (Å²) in [5.74, 6) is 2.32. The van der Waals surface area contributed by atoms with E-state index in [0.29, 0.717) is 31.8 Å². The minimum Gasteiger partial charge on any atom is -0.361 e.